The fourth-order valence-electron chi connectivity index (χ4n) is 2.57. The van der Waals surface area contributed by atoms with Gasteiger partial charge in [-0.3, -0.25) is 4.68 Å². The third-order valence-corrected chi connectivity index (χ3v) is 4.80. The lowest BCUT2D eigenvalue weighted by molar-refractivity contribution is 0.599. The number of rotatable bonds is 6. The summed E-state index contributed by atoms with van der Waals surface area (Å²) in [5, 5.41) is 7.80. The molecule has 0 bridgehead atoms. The first-order valence-corrected chi connectivity index (χ1v) is 8.38. The van der Waals surface area contributed by atoms with Crippen molar-refractivity contribution in [3.63, 3.8) is 0 Å². The molecule has 120 valence electrons. The van der Waals surface area contributed by atoms with Crippen molar-refractivity contribution >= 4 is 11.3 Å². The third kappa shape index (κ3) is 3.83. The minimum Gasteiger partial charge on any atom is -0.306 e. The highest BCUT2D eigenvalue weighted by Crippen LogP contribution is 2.22. The van der Waals surface area contributed by atoms with Crippen molar-refractivity contribution in [3.8, 4) is 0 Å². The Bertz CT molecular complexity index is 763. The van der Waals surface area contributed by atoms with Crippen LogP contribution in [0.15, 0.2) is 42.2 Å². The quantitative estimate of drug-likeness (QED) is 0.754. The summed E-state index contributed by atoms with van der Waals surface area (Å²) in [5.41, 5.74) is 5.07. The van der Waals surface area contributed by atoms with Crippen LogP contribution in [0.4, 0.5) is 4.39 Å². The van der Waals surface area contributed by atoms with Gasteiger partial charge in [0.15, 0.2) is 0 Å². The predicted molar refractivity (Wildman–Crippen MR) is 90.0 cm³/mol. The van der Waals surface area contributed by atoms with Gasteiger partial charge < -0.3 is 5.32 Å². The summed E-state index contributed by atoms with van der Waals surface area (Å²) in [5.74, 6) is -0.223. The van der Waals surface area contributed by atoms with Gasteiger partial charge in [-0.25, -0.2) is 9.37 Å². The van der Waals surface area contributed by atoms with E-state index >= 15 is 0 Å². The van der Waals surface area contributed by atoms with Gasteiger partial charge in [0.1, 0.15) is 5.82 Å². The van der Waals surface area contributed by atoms with Crippen LogP contribution < -0.4 is 5.32 Å². The van der Waals surface area contributed by atoms with Gasteiger partial charge in [0.05, 0.1) is 23.4 Å². The number of aromatic nitrogens is 3. The number of thiazole rings is 1. The van der Waals surface area contributed by atoms with Crippen LogP contribution in [-0.4, -0.2) is 21.3 Å². The van der Waals surface area contributed by atoms with E-state index in [2.05, 4.69) is 15.4 Å². The van der Waals surface area contributed by atoms with E-state index in [9.17, 15) is 4.39 Å². The zero-order valence-corrected chi connectivity index (χ0v) is 14.0. The molecule has 0 aliphatic rings. The molecule has 6 heteroatoms. The number of nitrogens with one attached hydrogen (secondary N) is 1. The number of nitrogens with zero attached hydrogens (tertiary/aromatic N) is 3. The van der Waals surface area contributed by atoms with Crippen molar-refractivity contribution in [2.75, 3.05) is 6.54 Å². The van der Waals surface area contributed by atoms with Crippen molar-refractivity contribution in [1.29, 1.82) is 0 Å². The first kappa shape index (κ1) is 15.8. The van der Waals surface area contributed by atoms with Crippen LogP contribution in [0.3, 0.4) is 0 Å². The summed E-state index contributed by atoms with van der Waals surface area (Å²) in [6, 6.07) is 6.62. The smallest absolute Gasteiger partial charge is 0.123 e. The van der Waals surface area contributed by atoms with Crippen LogP contribution in [0.25, 0.3) is 0 Å². The molecule has 0 fully saturated rings. The van der Waals surface area contributed by atoms with Gasteiger partial charge in [-0.2, -0.15) is 5.10 Å². The molecule has 2 aromatic heterocycles. The lowest BCUT2D eigenvalue weighted by Crippen LogP contribution is -2.24. The average Bonchev–Trinajstić information content (AvgIpc) is 3.14. The minimum absolute atomic E-state index is 0.00229. The van der Waals surface area contributed by atoms with Crippen LogP contribution in [0.5, 0.6) is 0 Å². The molecule has 2 heterocycles. The maximum Gasteiger partial charge on any atom is 0.123 e. The van der Waals surface area contributed by atoms with Crippen LogP contribution in [0, 0.1) is 12.7 Å². The lowest BCUT2D eigenvalue weighted by atomic mass is 10.0. The maximum atomic E-state index is 13.2. The highest BCUT2D eigenvalue weighted by Gasteiger charge is 2.15. The number of aryl methyl sites for hydroxylation is 2. The molecule has 0 unspecified atom stereocenters. The van der Waals surface area contributed by atoms with E-state index in [4.69, 9.17) is 0 Å². The maximum absolute atomic E-state index is 13.2. The van der Waals surface area contributed by atoms with Crippen molar-refractivity contribution in [2.24, 2.45) is 7.05 Å². The highest BCUT2D eigenvalue weighted by atomic mass is 32.1. The number of halogens is 1. The van der Waals surface area contributed by atoms with Crippen LogP contribution in [0.1, 0.15) is 27.7 Å². The second-order valence-corrected chi connectivity index (χ2v) is 6.44. The fraction of sp³-hybridized carbons (Fsp3) is 0.294. The standard InChI is InChI=1S/C17H19FN4S/c1-12-16(23-11-20-12)7-8-19-17(14-9-21-22(2)10-14)13-3-5-15(18)6-4-13/h3-6,9-11,17,19H,7-8H2,1-2H3/t17-/m1/s1. The molecule has 1 N–H and O–H groups in total. The van der Waals surface area contributed by atoms with E-state index in [0.717, 1.165) is 29.8 Å². The topological polar surface area (TPSA) is 42.7 Å². The summed E-state index contributed by atoms with van der Waals surface area (Å²) >= 11 is 1.68. The summed E-state index contributed by atoms with van der Waals surface area (Å²) in [6.07, 6.45) is 4.76. The molecule has 3 aromatic rings. The van der Waals surface area contributed by atoms with Gasteiger partial charge in [-0.05, 0) is 31.0 Å². The molecular weight excluding hydrogens is 311 g/mol. The van der Waals surface area contributed by atoms with Crippen LogP contribution >= 0.6 is 11.3 Å². The fourth-order valence-corrected chi connectivity index (χ4v) is 3.35. The predicted octanol–water partition coefficient (Wildman–Crippen LogP) is 3.25. The van der Waals surface area contributed by atoms with E-state index in [1.165, 1.54) is 17.0 Å². The molecule has 23 heavy (non-hydrogen) atoms. The third-order valence-electron chi connectivity index (χ3n) is 3.81. The molecule has 3 rings (SSSR count). The highest BCUT2D eigenvalue weighted by molar-refractivity contribution is 7.09. The summed E-state index contributed by atoms with van der Waals surface area (Å²) in [6.45, 7) is 2.85. The zero-order valence-electron chi connectivity index (χ0n) is 13.2. The Kier molecular flexibility index (Phi) is 4.83. The molecule has 1 atom stereocenters. The second-order valence-electron chi connectivity index (χ2n) is 5.50. The molecule has 0 aliphatic carbocycles. The second kappa shape index (κ2) is 7.02. The summed E-state index contributed by atoms with van der Waals surface area (Å²) in [4.78, 5) is 5.57. The van der Waals surface area contributed by atoms with E-state index in [0.29, 0.717) is 0 Å². The van der Waals surface area contributed by atoms with E-state index in [1.807, 2.05) is 44.0 Å². The Hall–Kier alpha value is -2.05. The van der Waals surface area contributed by atoms with E-state index in [-0.39, 0.29) is 11.9 Å². The van der Waals surface area contributed by atoms with Gasteiger partial charge in [-0.1, -0.05) is 12.1 Å². The summed E-state index contributed by atoms with van der Waals surface area (Å²) in [7, 11) is 1.89. The Labute approximate surface area is 139 Å². The lowest BCUT2D eigenvalue weighted by Gasteiger charge is -2.18. The minimum atomic E-state index is -0.223. The van der Waals surface area contributed by atoms with Crippen molar-refractivity contribution < 1.29 is 4.39 Å². The summed E-state index contributed by atoms with van der Waals surface area (Å²) < 4.78 is 15.0. The van der Waals surface area contributed by atoms with E-state index in [1.54, 1.807) is 16.0 Å². The van der Waals surface area contributed by atoms with Crippen molar-refractivity contribution in [3.05, 3.63) is 69.7 Å². The van der Waals surface area contributed by atoms with Gasteiger partial charge in [0, 0.05) is 30.2 Å². The molecule has 0 amide bonds. The average molecular weight is 330 g/mol. The van der Waals surface area contributed by atoms with E-state index < -0.39 is 0 Å². The molecule has 0 saturated heterocycles. The molecule has 0 aliphatic heterocycles. The van der Waals surface area contributed by atoms with Gasteiger partial charge in [0.2, 0.25) is 0 Å². The van der Waals surface area contributed by atoms with Crippen LogP contribution in [0.2, 0.25) is 0 Å². The molecule has 0 spiro atoms. The monoisotopic (exact) mass is 330 g/mol. The number of hydrogen-bond donors (Lipinski definition) is 1. The molecular formula is C17H19FN4S. The Morgan fingerprint density at radius 3 is 2.65 bits per heavy atom. The Balaban J connectivity index is 1.75. The first-order chi connectivity index (χ1) is 11.1. The van der Waals surface area contributed by atoms with Crippen molar-refractivity contribution in [2.45, 2.75) is 19.4 Å². The molecule has 1 aromatic carbocycles. The zero-order chi connectivity index (χ0) is 16.2. The van der Waals surface area contributed by atoms with Gasteiger partial charge >= 0.3 is 0 Å². The molecule has 0 radical (unpaired) electrons. The normalized spacial score (nSPS) is 12.5. The number of hydrogen-bond acceptors (Lipinski definition) is 4. The molecule has 4 nitrogen and oxygen atoms in total. The van der Waals surface area contributed by atoms with Gasteiger partial charge in [-0.15, -0.1) is 11.3 Å². The van der Waals surface area contributed by atoms with Crippen molar-refractivity contribution in [1.82, 2.24) is 20.1 Å². The van der Waals surface area contributed by atoms with Crippen LogP contribution in [-0.2, 0) is 13.5 Å². The number of benzene rings is 1. The van der Waals surface area contributed by atoms with Gasteiger partial charge in [0.25, 0.3) is 0 Å². The SMILES string of the molecule is Cc1ncsc1CCN[C@H](c1ccc(F)cc1)c1cnn(C)c1. The Morgan fingerprint density at radius 2 is 2.04 bits per heavy atom. The Morgan fingerprint density at radius 1 is 1.26 bits per heavy atom. The largest absolute Gasteiger partial charge is 0.306 e. The molecule has 0 saturated carbocycles. The first-order valence-electron chi connectivity index (χ1n) is 7.50.